The van der Waals surface area contributed by atoms with Gasteiger partial charge in [0.15, 0.2) is 0 Å². The summed E-state index contributed by atoms with van der Waals surface area (Å²) in [5.41, 5.74) is 2.40. The van der Waals surface area contributed by atoms with E-state index in [1.165, 1.54) is 24.8 Å². The molecule has 0 unspecified atom stereocenters. The Bertz CT molecular complexity index is 429. The number of methoxy groups -OCH3 is 1. The van der Waals surface area contributed by atoms with E-state index in [2.05, 4.69) is 6.08 Å². The smallest absolute Gasteiger partial charge is 0.118 e. The van der Waals surface area contributed by atoms with Gasteiger partial charge in [-0.05, 0) is 54.4 Å². The fourth-order valence-electron chi connectivity index (χ4n) is 3.22. The summed E-state index contributed by atoms with van der Waals surface area (Å²) in [6, 6.07) is 8.02. The highest BCUT2D eigenvalue weighted by molar-refractivity contribution is 5.56. The molecule has 1 aromatic carbocycles. The molecule has 1 N–H and O–H groups in total. The molecule has 17 heavy (non-hydrogen) atoms. The molecule has 0 aliphatic heterocycles. The summed E-state index contributed by atoms with van der Waals surface area (Å²) in [5.74, 6) is 2.02. The number of aliphatic hydroxyl groups excluding tert-OH is 1. The first kappa shape index (κ1) is 10.8. The second-order valence-corrected chi connectivity index (χ2v) is 5.13. The van der Waals surface area contributed by atoms with Crippen LogP contribution < -0.4 is 4.74 Å². The van der Waals surface area contributed by atoms with Crippen LogP contribution in [0.2, 0.25) is 0 Å². The third-order valence-electron chi connectivity index (χ3n) is 4.18. The molecule has 2 aliphatic rings. The van der Waals surface area contributed by atoms with Gasteiger partial charge in [-0.15, -0.1) is 0 Å². The molecule has 2 saturated carbocycles. The number of fused-ring (bicyclic) bond motifs is 2. The van der Waals surface area contributed by atoms with E-state index in [-0.39, 0.29) is 6.10 Å². The molecule has 2 aliphatic carbocycles. The lowest BCUT2D eigenvalue weighted by Crippen LogP contribution is -2.18. The fraction of sp³-hybridized carbons (Fsp3) is 0.467. The van der Waals surface area contributed by atoms with Crippen molar-refractivity contribution < 1.29 is 9.84 Å². The minimum absolute atomic E-state index is 0.198. The zero-order chi connectivity index (χ0) is 11.8. The standard InChI is InChI=1S/C15H18O2/c1-17-13-6-2-10(3-7-13)8-14-11-4-5-12(9-11)15(14)16/h2-3,6-8,11-12,15-16H,4-5,9H2,1H3/b14-8+/t11-,12+,15+/m1/s1. The molecule has 0 spiro atoms. The monoisotopic (exact) mass is 230 g/mol. The molecule has 0 heterocycles. The van der Waals surface area contributed by atoms with Gasteiger partial charge in [0.05, 0.1) is 13.2 Å². The molecule has 0 amide bonds. The first-order valence-electron chi connectivity index (χ1n) is 6.31. The normalized spacial score (nSPS) is 33.3. The predicted molar refractivity (Wildman–Crippen MR) is 67.8 cm³/mol. The Morgan fingerprint density at radius 3 is 2.59 bits per heavy atom. The van der Waals surface area contributed by atoms with E-state index in [9.17, 15) is 5.11 Å². The molecule has 3 atom stereocenters. The maximum absolute atomic E-state index is 10.1. The molecule has 0 radical (unpaired) electrons. The number of rotatable bonds is 2. The Morgan fingerprint density at radius 2 is 2.00 bits per heavy atom. The second-order valence-electron chi connectivity index (χ2n) is 5.13. The molecule has 0 aromatic heterocycles. The van der Waals surface area contributed by atoms with Gasteiger partial charge in [0.2, 0.25) is 0 Å². The van der Waals surface area contributed by atoms with Crippen LogP contribution in [0.3, 0.4) is 0 Å². The van der Waals surface area contributed by atoms with E-state index in [1.807, 2.05) is 24.3 Å². The van der Waals surface area contributed by atoms with Crippen LogP contribution >= 0.6 is 0 Å². The maximum Gasteiger partial charge on any atom is 0.118 e. The van der Waals surface area contributed by atoms with Crippen LogP contribution in [-0.4, -0.2) is 18.3 Å². The van der Waals surface area contributed by atoms with Gasteiger partial charge in [0.25, 0.3) is 0 Å². The van der Waals surface area contributed by atoms with Gasteiger partial charge in [-0.1, -0.05) is 18.2 Å². The topological polar surface area (TPSA) is 29.5 Å². The predicted octanol–water partition coefficient (Wildman–Crippen LogP) is 2.87. The Balaban J connectivity index is 1.85. The molecule has 3 rings (SSSR count). The number of ether oxygens (including phenoxy) is 1. The summed E-state index contributed by atoms with van der Waals surface area (Å²) >= 11 is 0. The Morgan fingerprint density at radius 1 is 1.24 bits per heavy atom. The Kier molecular flexibility index (Phi) is 2.67. The molecular formula is C15H18O2. The summed E-state index contributed by atoms with van der Waals surface area (Å²) in [5, 5.41) is 10.1. The van der Waals surface area contributed by atoms with Crippen LogP contribution in [-0.2, 0) is 0 Å². The Labute approximate surface area is 102 Å². The van der Waals surface area contributed by atoms with Crippen molar-refractivity contribution in [1.82, 2.24) is 0 Å². The van der Waals surface area contributed by atoms with E-state index in [4.69, 9.17) is 4.74 Å². The van der Waals surface area contributed by atoms with Gasteiger partial charge in [-0.2, -0.15) is 0 Å². The lowest BCUT2D eigenvalue weighted by Gasteiger charge is -2.20. The number of hydrogen-bond donors (Lipinski definition) is 1. The average molecular weight is 230 g/mol. The molecule has 2 heteroatoms. The molecule has 1 aromatic rings. The van der Waals surface area contributed by atoms with Crippen molar-refractivity contribution in [2.24, 2.45) is 11.8 Å². The lowest BCUT2D eigenvalue weighted by atomic mass is 9.91. The summed E-state index contributed by atoms with van der Waals surface area (Å²) < 4.78 is 5.14. The largest absolute Gasteiger partial charge is 0.497 e. The van der Waals surface area contributed by atoms with Gasteiger partial charge in [0.1, 0.15) is 5.75 Å². The zero-order valence-corrected chi connectivity index (χ0v) is 10.1. The van der Waals surface area contributed by atoms with Crippen LogP contribution in [0.25, 0.3) is 6.08 Å². The average Bonchev–Trinajstić information content (AvgIpc) is 2.94. The first-order chi connectivity index (χ1) is 8.28. The van der Waals surface area contributed by atoms with Crippen molar-refractivity contribution in [1.29, 1.82) is 0 Å². The van der Waals surface area contributed by atoms with Crippen LogP contribution in [0.15, 0.2) is 29.8 Å². The summed E-state index contributed by atoms with van der Waals surface area (Å²) in [6.07, 6.45) is 5.60. The third-order valence-corrected chi connectivity index (χ3v) is 4.18. The molecule has 2 fully saturated rings. The van der Waals surface area contributed by atoms with Gasteiger partial charge >= 0.3 is 0 Å². The number of benzene rings is 1. The van der Waals surface area contributed by atoms with Crippen molar-refractivity contribution >= 4 is 6.08 Å². The van der Waals surface area contributed by atoms with E-state index >= 15 is 0 Å². The van der Waals surface area contributed by atoms with Crippen LogP contribution in [0.1, 0.15) is 24.8 Å². The van der Waals surface area contributed by atoms with Crippen LogP contribution in [0.4, 0.5) is 0 Å². The van der Waals surface area contributed by atoms with Gasteiger partial charge < -0.3 is 9.84 Å². The van der Waals surface area contributed by atoms with Gasteiger partial charge in [-0.25, -0.2) is 0 Å². The van der Waals surface area contributed by atoms with Crippen molar-refractivity contribution in [2.45, 2.75) is 25.4 Å². The van der Waals surface area contributed by atoms with Gasteiger partial charge in [0, 0.05) is 0 Å². The number of hydrogen-bond acceptors (Lipinski definition) is 2. The molecule has 0 saturated heterocycles. The first-order valence-corrected chi connectivity index (χ1v) is 6.31. The minimum atomic E-state index is -0.198. The van der Waals surface area contributed by atoms with Crippen molar-refractivity contribution in [3.05, 3.63) is 35.4 Å². The minimum Gasteiger partial charge on any atom is -0.497 e. The highest BCUT2D eigenvalue weighted by Crippen LogP contribution is 2.48. The zero-order valence-electron chi connectivity index (χ0n) is 10.1. The summed E-state index contributed by atoms with van der Waals surface area (Å²) in [6.45, 7) is 0. The highest BCUT2D eigenvalue weighted by Gasteiger charge is 2.42. The summed E-state index contributed by atoms with van der Waals surface area (Å²) in [7, 11) is 1.67. The van der Waals surface area contributed by atoms with Crippen molar-refractivity contribution in [2.75, 3.05) is 7.11 Å². The SMILES string of the molecule is COc1ccc(/C=C2\[C@@H]3CC[C@@H](C3)[C@@H]2O)cc1. The van der Waals surface area contributed by atoms with E-state index < -0.39 is 0 Å². The second kappa shape index (κ2) is 4.19. The van der Waals surface area contributed by atoms with Gasteiger partial charge in [-0.3, -0.25) is 0 Å². The fourth-order valence-corrected chi connectivity index (χ4v) is 3.22. The van der Waals surface area contributed by atoms with E-state index in [1.54, 1.807) is 7.11 Å². The number of aliphatic hydroxyl groups is 1. The lowest BCUT2D eigenvalue weighted by molar-refractivity contribution is 0.155. The third kappa shape index (κ3) is 1.87. The van der Waals surface area contributed by atoms with Crippen LogP contribution in [0.5, 0.6) is 5.75 Å². The maximum atomic E-state index is 10.1. The summed E-state index contributed by atoms with van der Waals surface area (Å²) in [4.78, 5) is 0. The van der Waals surface area contributed by atoms with Crippen LogP contribution in [0, 0.1) is 11.8 Å². The van der Waals surface area contributed by atoms with E-state index in [0.29, 0.717) is 11.8 Å². The quantitative estimate of drug-likeness (QED) is 0.846. The molecule has 2 bridgehead atoms. The molecular weight excluding hydrogens is 212 g/mol. The van der Waals surface area contributed by atoms with E-state index in [0.717, 1.165) is 11.3 Å². The van der Waals surface area contributed by atoms with Crippen molar-refractivity contribution in [3.63, 3.8) is 0 Å². The molecule has 90 valence electrons. The highest BCUT2D eigenvalue weighted by atomic mass is 16.5. The van der Waals surface area contributed by atoms with Crippen molar-refractivity contribution in [3.8, 4) is 5.75 Å². The Hall–Kier alpha value is -1.28. The molecule has 2 nitrogen and oxygen atoms in total.